The molecular weight excluding hydrogens is 306 g/mol. The number of piperidine rings is 1. The Hall–Kier alpha value is -0.260. The molecule has 2 saturated heterocycles. The van der Waals surface area contributed by atoms with Crippen LogP contribution in [0.4, 0.5) is 0 Å². The maximum absolute atomic E-state index is 12.4. The summed E-state index contributed by atoms with van der Waals surface area (Å²) < 4.78 is 0. The van der Waals surface area contributed by atoms with Gasteiger partial charge in [0, 0.05) is 42.6 Å². The summed E-state index contributed by atoms with van der Waals surface area (Å²) in [5.74, 6) is 2.49. The first-order valence-electron chi connectivity index (χ1n) is 9.61. The second kappa shape index (κ2) is 8.72. The topological polar surface area (TPSA) is 44.4 Å². The highest BCUT2D eigenvalue weighted by molar-refractivity contribution is 7.99. The third-order valence-corrected chi connectivity index (χ3v) is 6.99. The molecule has 1 saturated carbocycles. The molecule has 0 radical (unpaired) electrons. The summed E-state index contributed by atoms with van der Waals surface area (Å²) in [6, 6.07) is 0.367. The second-order valence-electron chi connectivity index (χ2n) is 7.54. The van der Waals surface area contributed by atoms with Gasteiger partial charge in [0.2, 0.25) is 5.91 Å². The van der Waals surface area contributed by atoms with Crippen molar-refractivity contribution in [2.45, 2.75) is 69.4 Å². The van der Waals surface area contributed by atoms with Gasteiger partial charge in [0.15, 0.2) is 0 Å². The van der Waals surface area contributed by atoms with Gasteiger partial charge in [-0.15, -0.1) is 0 Å². The van der Waals surface area contributed by atoms with Crippen molar-refractivity contribution >= 4 is 17.7 Å². The molecule has 1 aliphatic carbocycles. The summed E-state index contributed by atoms with van der Waals surface area (Å²) in [6.45, 7) is 4.37. The van der Waals surface area contributed by atoms with Crippen LogP contribution in [0.3, 0.4) is 0 Å². The first-order valence-corrected chi connectivity index (χ1v) is 10.8. The minimum Gasteiger partial charge on any atom is -0.354 e. The van der Waals surface area contributed by atoms with Crippen molar-refractivity contribution in [2.75, 3.05) is 37.7 Å². The van der Waals surface area contributed by atoms with E-state index in [4.69, 9.17) is 0 Å². The zero-order chi connectivity index (χ0) is 16.0. The molecule has 4 nitrogen and oxygen atoms in total. The van der Waals surface area contributed by atoms with Gasteiger partial charge in [-0.2, -0.15) is 11.8 Å². The van der Waals surface area contributed by atoms with Gasteiger partial charge in [-0.25, -0.2) is 0 Å². The van der Waals surface area contributed by atoms with Gasteiger partial charge in [-0.1, -0.05) is 25.7 Å². The number of carbonyl (C=O) groups is 1. The Morgan fingerprint density at radius 2 is 1.87 bits per heavy atom. The first-order chi connectivity index (χ1) is 11.3. The number of likely N-dealkylation sites (tertiary alicyclic amines) is 1. The van der Waals surface area contributed by atoms with E-state index >= 15 is 0 Å². The first kappa shape index (κ1) is 17.6. The van der Waals surface area contributed by atoms with Crippen molar-refractivity contribution < 1.29 is 4.79 Å². The fourth-order valence-corrected chi connectivity index (χ4v) is 5.44. The number of rotatable bonds is 5. The lowest BCUT2D eigenvalue weighted by Gasteiger charge is -2.48. The maximum atomic E-state index is 12.4. The fraction of sp³-hybridized carbons (Fsp3) is 0.944. The van der Waals surface area contributed by atoms with Gasteiger partial charge in [-0.05, 0) is 38.8 Å². The molecule has 132 valence electrons. The molecule has 2 aliphatic heterocycles. The molecule has 1 atom stereocenters. The van der Waals surface area contributed by atoms with Crippen LogP contribution in [-0.2, 0) is 4.79 Å². The summed E-state index contributed by atoms with van der Waals surface area (Å²) in [6.07, 6.45) is 11.2. The molecule has 2 heterocycles. The van der Waals surface area contributed by atoms with E-state index in [0.717, 1.165) is 18.8 Å². The molecule has 0 bridgehead atoms. The molecule has 3 aliphatic rings. The van der Waals surface area contributed by atoms with Crippen molar-refractivity contribution in [3.8, 4) is 0 Å². The second-order valence-corrected chi connectivity index (χ2v) is 8.69. The summed E-state index contributed by atoms with van der Waals surface area (Å²) in [7, 11) is 0. The van der Waals surface area contributed by atoms with Crippen LogP contribution in [0.5, 0.6) is 0 Å². The van der Waals surface area contributed by atoms with Crippen LogP contribution in [0.1, 0.15) is 57.8 Å². The minimum absolute atomic E-state index is 0.243. The Bertz CT molecular complexity index is 372. The normalized spacial score (nSPS) is 29.1. The minimum atomic E-state index is 0.243. The Morgan fingerprint density at radius 3 is 2.57 bits per heavy atom. The van der Waals surface area contributed by atoms with E-state index in [1.807, 2.05) is 11.8 Å². The molecule has 1 amide bonds. The van der Waals surface area contributed by atoms with Gasteiger partial charge in [-0.3, -0.25) is 9.69 Å². The summed E-state index contributed by atoms with van der Waals surface area (Å²) in [5, 5.41) is 6.78. The van der Waals surface area contributed by atoms with E-state index < -0.39 is 0 Å². The lowest BCUT2D eigenvalue weighted by molar-refractivity contribution is -0.122. The molecule has 0 aromatic rings. The number of hydrogen-bond donors (Lipinski definition) is 2. The molecule has 3 rings (SSSR count). The summed E-state index contributed by atoms with van der Waals surface area (Å²) in [4.78, 5) is 15.1. The molecule has 1 unspecified atom stereocenters. The van der Waals surface area contributed by atoms with Crippen molar-refractivity contribution in [1.29, 1.82) is 0 Å². The van der Waals surface area contributed by atoms with Crippen LogP contribution in [0.15, 0.2) is 0 Å². The van der Waals surface area contributed by atoms with Crippen LogP contribution in [-0.4, -0.2) is 60.1 Å². The zero-order valence-corrected chi connectivity index (χ0v) is 15.3. The molecule has 0 aromatic carbocycles. The van der Waals surface area contributed by atoms with E-state index in [1.54, 1.807) is 0 Å². The average Bonchev–Trinajstić information content (AvgIpc) is 2.62. The number of carbonyl (C=O) groups excluding carboxylic acids is 1. The van der Waals surface area contributed by atoms with Gasteiger partial charge in [0.25, 0.3) is 0 Å². The SMILES string of the molecule is O=C(CC1CSCCN1)NCC1(N2CCCCC2)CCCCC1. The Labute approximate surface area is 145 Å². The quantitative estimate of drug-likeness (QED) is 0.807. The molecular formula is C18H33N3OS. The largest absolute Gasteiger partial charge is 0.354 e. The van der Waals surface area contributed by atoms with Gasteiger partial charge >= 0.3 is 0 Å². The number of amides is 1. The predicted octanol–water partition coefficient (Wildman–Crippen LogP) is 2.39. The van der Waals surface area contributed by atoms with Crippen LogP contribution < -0.4 is 10.6 Å². The number of thioether (sulfide) groups is 1. The van der Waals surface area contributed by atoms with E-state index in [-0.39, 0.29) is 11.4 Å². The molecule has 0 aromatic heterocycles. The Morgan fingerprint density at radius 1 is 1.13 bits per heavy atom. The lowest BCUT2D eigenvalue weighted by atomic mass is 9.79. The monoisotopic (exact) mass is 339 g/mol. The molecule has 0 spiro atoms. The summed E-state index contributed by atoms with van der Waals surface area (Å²) >= 11 is 1.96. The van der Waals surface area contributed by atoms with Gasteiger partial charge < -0.3 is 10.6 Å². The third-order valence-electron chi connectivity index (χ3n) is 5.86. The smallest absolute Gasteiger partial charge is 0.221 e. The van der Waals surface area contributed by atoms with Crippen molar-refractivity contribution in [1.82, 2.24) is 15.5 Å². The van der Waals surface area contributed by atoms with Crippen molar-refractivity contribution in [3.05, 3.63) is 0 Å². The number of nitrogens with one attached hydrogen (secondary N) is 2. The van der Waals surface area contributed by atoms with Crippen LogP contribution in [0.2, 0.25) is 0 Å². The highest BCUT2D eigenvalue weighted by atomic mass is 32.2. The molecule has 3 fully saturated rings. The summed E-state index contributed by atoms with van der Waals surface area (Å²) in [5.41, 5.74) is 0.253. The highest BCUT2D eigenvalue weighted by Crippen LogP contribution is 2.35. The fourth-order valence-electron chi connectivity index (χ4n) is 4.49. The van der Waals surface area contributed by atoms with E-state index in [2.05, 4.69) is 15.5 Å². The molecule has 5 heteroatoms. The Kier molecular flexibility index (Phi) is 6.66. The average molecular weight is 340 g/mol. The Balaban J connectivity index is 1.52. The number of nitrogens with zero attached hydrogens (tertiary/aromatic N) is 1. The van der Waals surface area contributed by atoms with Crippen LogP contribution >= 0.6 is 11.8 Å². The van der Waals surface area contributed by atoms with Gasteiger partial charge in [0.05, 0.1) is 0 Å². The predicted molar refractivity (Wildman–Crippen MR) is 98.0 cm³/mol. The molecule has 2 N–H and O–H groups in total. The third kappa shape index (κ3) is 4.86. The van der Waals surface area contributed by atoms with E-state index in [9.17, 15) is 4.79 Å². The lowest BCUT2D eigenvalue weighted by Crippen LogP contribution is -2.58. The van der Waals surface area contributed by atoms with E-state index in [1.165, 1.54) is 70.2 Å². The standard InChI is InChI=1S/C18H33N3OS/c22-17(13-16-14-23-12-9-19-16)20-15-18(7-3-1-4-8-18)21-10-5-2-6-11-21/h16,19H,1-15H2,(H,20,22). The zero-order valence-electron chi connectivity index (χ0n) is 14.4. The van der Waals surface area contributed by atoms with Crippen LogP contribution in [0.25, 0.3) is 0 Å². The van der Waals surface area contributed by atoms with Crippen molar-refractivity contribution in [3.63, 3.8) is 0 Å². The maximum Gasteiger partial charge on any atom is 0.221 e. The van der Waals surface area contributed by atoms with E-state index in [0.29, 0.717) is 12.5 Å². The highest BCUT2D eigenvalue weighted by Gasteiger charge is 2.38. The van der Waals surface area contributed by atoms with Crippen LogP contribution in [0, 0.1) is 0 Å². The van der Waals surface area contributed by atoms with Crippen molar-refractivity contribution in [2.24, 2.45) is 0 Å². The van der Waals surface area contributed by atoms with Gasteiger partial charge in [0.1, 0.15) is 0 Å². The molecule has 23 heavy (non-hydrogen) atoms. The number of hydrogen-bond acceptors (Lipinski definition) is 4.